The molecule has 26 heavy (non-hydrogen) atoms. The molecule has 0 aromatic heterocycles. The first-order valence-corrected chi connectivity index (χ1v) is 9.87. The number of hydrogen-bond acceptors (Lipinski definition) is 4. The maximum absolute atomic E-state index is 12.8. The predicted octanol–water partition coefficient (Wildman–Crippen LogP) is 0.293. The zero-order valence-electron chi connectivity index (χ0n) is 16.4. The van der Waals surface area contributed by atoms with Crippen molar-refractivity contribution in [2.45, 2.75) is 52.0 Å². The van der Waals surface area contributed by atoms with Crippen LogP contribution in [0.5, 0.6) is 0 Å². The lowest BCUT2D eigenvalue weighted by molar-refractivity contribution is -0.417. The number of quaternary nitrogens is 1. The van der Waals surface area contributed by atoms with Crippen LogP contribution in [0.15, 0.2) is 0 Å². The number of rotatable bonds is 5. The Morgan fingerprint density at radius 3 is 2.00 bits per heavy atom. The molecule has 0 aromatic rings. The number of amides is 2. The molecule has 0 unspecified atom stereocenters. The molecule has 2 rings (SSSR count). The molecule has 0 bridgehead atoms. The second-order valence-electron chi connectivity index (χ2n) is 7.71. The van der Waals surface area contributed by atoms with Crippen molar-refractivity contribution >= 4 is 17.8 Å². The summed E-state index contributed by atoms with van der Waals surface area (Å²) in [5, 5.41) is 0. The van der Waals surface area contributed by atoms with E-state index in [0.29, 0.717) is 51.9 Å². The van der Waals surface area contributed by atoms with E-state index in [2.05, 4.69) is 19.6 Å². The zero-order valence-corrected chi connectivity index (χ0v) is 16.4. The molecule has 2 aliphatic heterocycles. The normalized spacial score (nSPS) is 22.0. The lowest BCUT2D eigenvalue weighted by Crippen LogP contribution is -2.70. The Morgan fingerprint density at radius 1 is 1.00 bits per heavy atom. The molecule has 2 fully saturated rings. The van der Waals surface area contributed by atoms with Crippen molar-refractivity contribution < 1.29 is 24.9 Å². The van der Waals surface area contributed by atoms with Crippen molar-refractivity contribution in [2.75, 3.05) is 33.3 Å². The number of hydrogen-bond donors (Lipinski definition) is 1. The molecule has 0 aliphatic carbocycles. The second kappa shape index (κ2) is 9.35. The van der Waals surface area contributed by atoms with E-state index >= 15 is 0 Å². The molecule has 0 spiro atoms. The van der Waals surface area contributed by atoms with Gasteiger partial charge in [0.2, 0.25) is 5.91 Å². The van der Waals surface area contributed by atoms with Crippen molar-refractivity contribution in [2.24, 2.45) is 17.8 Å². The molecule has 7 heteroatoms. The third-order valence-electron chi connectivity index (χ3n) is 6.15. The number of carbonyl (C=O) groups excluding carboxylic acids is 3. The number of esters is 1. The zero-order chi connectivity index (χ0) is 19.3. The van der Waals surface area contributed by atoms with Gasteiger partial charge in [0, 0.05) is 38.0 Å². The summed E-state index contributed by atoms with van der Waals surface area (Å²) in [6.45, 7) is 6.64. The van der Waals surface area contributed by atoms with E-state index in [0.717, 1.165) is 6.42 Å². The lowest BCUT2D eigenvalue weighted by Gasteiger charge is -2.37. The van der Waals surface area contributed by atoms with Gasteiger partial charge in [-0.15, -0.1) is 0 Å². The van der Waals surface area contributed by atoms with E-state index in [-0.39, 0.29) is 41.6 Å². The summed E-state index contributed by atoms with van der Waals surface area (Å²) in [4.78, 5) is 40.6. The van der Waals surface area contributed by atoms with Crippen LogP contribution >= 0.6 is 0 Å². The first kappa shape index (κ1) is 20.7. The topological polar surface area (TPSA) is 94.6 Å². The van der Waals surface area contributed by atoms with E-state index in [9.17, 15) is 14.4 Å². The Bertz CT molecular complexity index is 509. The Kier molecular flexibility index (Phi) is 7.43. The van der Waals surface area contributed by atoms with Gasteiger partial charge in [0.25, 0.3) is 5.91 Å². The average Bonchev–Trinajstić information content (AvgIpc) is 2.71. The van der Waals surface area contributed by atoms with Crippen LogP contribution in [0.2, 0.25) is 0 Å². The van der Waals surface area contributed by atoms with Crippen molar-refractivity contribution in [3.05, 3.63) is 0 Å². The fraction of sp³-hybridized carbons (Fsp3) is 0.842. The SMILES string of the molecule is CC[C@@H](C)[C@H]([NH3+])C(=O)N1CCC(C(=O)N2CCC(C(=O)OC)CC2)CC1. The highest BCUT2D eigenvalue weighted by Crippen LogP contribution is 2.25. The largest absolute Gasteiger partial charge is 0.469 e. The first-order chi connectivity index (χ1) is 12.4. The first-order valence-electron chi connectivity index (χ1n) is 9.87. The molecule has 2 aliphatic rings. The van der Waals surface area contributed by atoms with Crippen LogP contribution in [0.25, 0.3) is 0 Å². The Hall–Kier alpha value is -1.63. The van der Waals surface area contributed by atoms with Crippen molar-refractivity contribution in [3.63, 3.8) is 0 Å². The molecule has 148 valence electrons. The highest BCUT2D eigenvalue weighted by molar-refractivity contribution is 5.82. The van der Waals surface area contributed by atoms with Crippen LogP contribution in [0.1, 0.15) is 46.0 Å². The van der Waals surface area contributed by atoms with Gasteiger partial charge < -0.3 is 20.3 Å². The molecule has 7 nitrogen and oxygen atoms in total. The lowest BCUT2D eigenvalue weighted by atomic mass is 9.91. The Balaban J connectivity index is 1.80. The van der Waals surface area contributed by atoms with Gasteiger partial charge in [0.15, 0.2) is 6.04 Å². The van der Waals surface area contributed by atoms with Gasteiger partial charge in [-0.05, 0) is 32.1 Å². The molecule has 2 saturated heterocycles. The van der Waals surface area contributed by atoms with Crippen LogP contribution in [0, 0.1) is 17.8 Å². The van der Waals surface area contributed by atoms with Crippen molar-refractivity contribution in [1.29, 1.82) is 0 Å². The number of methoxy groups -OCH3 is 1. The third-order valence-corrected chi connectivity index (χ3v) is 6.15. The average molecular weight is 368 g/mol. The Morgan fingerprint density at radius 2 is 1.50 bits per heavy atom. The van der Waals surface area contributed by atoms with E-state index in [1.807, 2.05) is 9.80 Å². The maximum Gasteiger partial charge on any atom is 0.308 e. The van der Waals surface area contributed by atoms with E-state index in [1.165, 1.54) is 7.11 Å². The minimum Gasteiger partial charge on any atom is -0.469 e. The van der Waals surface area contributed by atoms with Crippen LogP contribution < -0.4 is 5.73 Å². The minimum absolute atomic E-state index is 0.0133. The highest BCUT2D eigenvalue weighted by Gasteiger charge is 2.35. The number of carbonyl (C=O) groups is 3. The standard InChI is InChI=1S/C19H33N3O4/c1-4-13(2)16(20)18(24)22-9-5-14(6-10-22)17(23)21-11-7-15(8-12-21)19(25)26-3/h13-16H,4-12,20H2,1-3H3/p+1/t13-,16+/m1/s1. The molecular formula is C19H34N3O4+. The van der Waals surface area contributed by atoms with Gasteiger partial charge in [-0.2, -0.15) is 0 Å². The van der Waals surface area contributed by atoms with Gasteiger partial charge in [0.05, 0.1) is 13.0 Å². The predicted molar refractivity (Wildman–Crippen MR) is 96.8 cm³/mol. The van der Waals surface area contributed by atoms with Gasteiger partial charge in [-0.25, -0.2) is 0 Å². The molecule has 0 radical (unpaired) electrons. The number of piperidine rings is 2. The molecule has 2 heterocycles. The number of likely N-dealkylation sites (tertiary alicyclic amines) is 2. The summed E-state index contributed by atoms with van der Waals surface area (Å²) in [5.74, 6) is 0.294. The third kappa shape index (κ3) is 4.75. The molecular weight excluding hydrogens is 334 g/mol. The molecule has 0 aromatic carbocycles. The van der Waals surface area contributed by atoms with Gasteiger partial charge >= 0.3 is 5.97 Å². The van der Waals surface area contributed by atoms with Gasteiger partial charge in [-0.1, -0.05) is 13.8 Å². The molecule has 0 saturated carbocycles. The van der Waals surface area contributed by atoms with Crippen molar-refractivity contribution in [3.8, 4) is 0 Å². The van der Waals surface area contributed by atoms with E-state index < -0.39 is 0 Å². The number of ether oxygens (including phenoxy) is 1. The summed E-state index contributed by atoms with van der Waals surface area (Å²) in [6.07, 6.45) is 3.72. The van der Waals surface area contributed by atoms with Crippen LogP contribution in [0.4, 0.5) is 0 Å². The van der Waals surface area contributed by atoms with Gasteiger partial charge in [-0.3, -0.25) is 14.4 Å². The molecule has 2 atom stereocenters. The minimum atomic E-state index is -0.204. The molecule has 3 N–H and O–H groups in total. The summed E-state index contributed by atoms with van der Waals surface area (Å²) in [6, 6.07) is -0.204. The highest BCUT2D eigenvalue weighted by atomic mass is 16.5. The smallest absolute Gasteiger partial charge is 0.308 e. The fourth-order valence-corrected chi connectivity index (χ4v) is 3.87. The Labute approximate surface area is 156 Å². The van der Waals surface area contributed by atoms with Crippen molar-refractivity contribution in [1.82, 2.24) is 9.80 Å². The van der Waals surface area contributed by atoms with Gasteiger partial charge in [0.1, 0.15) is 0 Å². The monoisotopic (exact) mass is 368 g/mol. The molecule has 2 amide bonds. The van der Waals surface area contributed by atoms with E-state index in [4.69, 9.17) is 4.74 Å². The van der Waals surface area contributed by atoms with E-state index in [1.54, 1.807) is 0 Å². The maximum atomic E-state index is 12.8. The second-order valence-corrected chi connectivity index (χ2v) is 7.71. The summed E-state index contributed by atoms with van der Waals surface area (Å²) >= 11 is 0. The fourth-order valence-electron chi connectivity index (χ4n) is 3.87. The number of nitrogens with zero attached hydrogens (tertiary/aromatic N) is 2. The summed E-state index contributed by atoms with van der Waals surface area (Å²) in [5.41, 5.74) is 4.04. The summed E-state index contributed by atoms with van der Waals surface area (Å²) in [7, 11) is 1.41. The van der Waals surface area contributed by atoms with Crippen LogP contribution in [0.3, 0.4) is 0 Å². The van der Waals surface area contributed by atoms with Crippen LogP contribution in [-0.4, -0.2) is 66.9 Å². The quantitative estimate of drug-likeness (QED) is 0.706. The summed E-state index contributed by atoms with van der Waals surface area (Å²) < 4.78 is 4.80. The van der Waals surface area contributed by atoms with Crippen LogP contribution in [-0.2, 0) is 19.1 Å².